The van der Waals surface area contributed by atoms with Crippen molar-refractivity contribution in [3.63, 3.8) is 0 Å². The fraction of sp³-hybridized carbons (Fsp3) is 0.273. The van der Waals surface area contributed by atoms with Crippen LogP contribution >= 0.6 is 27.3 Å². The normalized spacial score (nSPS) is 10.4. The molecule has 84 valence electrons. The minimum Gasteiger partial charge on any atom is -0.373 e. The first kappa shape index (κ1) is 11.5. The van der Waals surface area contributed by atoms with Crippen LogP contribution in [0.15, 0.2) is 34.5 Å². The van der Waals surface area contributed by atoms with E-state index in [0.29, 0.717) is 0 Å². The first-order valence-electron chi connectivity index (χ1n) is 4.96. The zero-order chi connectivity index (χ0) is 11.4. The number of anilines is 1. The Kier molecular flexibility index (Phi) is 3.90. The molecule has 0 unspecified atom stereocenters. The molecular formula is C11H12BrN3S. The van der Waals surface area contributed by atoms with Gasteiger partial charge in [-0.2, -0.15) is 0 Å². The van der Waals surface area contributed by atoms with E-state index in [9.17, 15) is 0 Å². The summed E-state index contributed by atoms with van der Waals surface area (Å²) in [5.74, 6) is 0. The monoisotopic (exact) mass is 297 g/mol. The highest BCUT2D eigenvalue weighted by Gasteiger charge is 2.03. The summed E-state index contributed by atoms with van der Waals surface area (Å²) in [7, 11) is 2.07. The average Bonchev–Trinajstić information content (AvgIpc) is 2.78. The Morgan fingerprint density at radius 1 is 1.44 bits per heavy atom. The Morgan fingerprint density at radius 2 is 2.31 bits per heavy atom. The van der Waals surface area contributed by atoms with Crippen molar-refractivity contribution in [2.24, 2.45) is 0 Å². The predicted octanol–water partition coefficient (Wildman–Crippen LogP) is 2.98. The Bertz CT molecular complexity index is 444. The lowest BCUT2D eigenvalue weighted by atomic mass is 10.3. The van der Waals surface area contributed by atoms with Crippen molar-refractivity contribution < 1.29 is 0 Å². The molecule has 0 saturated heterocycles. The molecule has 0 aliphatic rings. The van der Waals surface area contributed by atoms with Gasteiger partial charge < -0.3 is 4.90 Å². The van der Waals surface area contributed by atoms with E-state index >= 15 is 0 Å². The van der Waals surface area contributed by atoms with E-state index in [0.717, 1.165) is 23.1 Å². The van der Waals surface area contributed by atoms with Crippen molar-refractivity contribution in [2.45, 2.75) is 6.42 Å². The Balaban J connectivity index is 1.95. The van der Waals surface area contributed by atoms with Gasteiger partial charge in [-0.15, -0.1) is 11.3 Å². The molecule has 0 N–H and O–H groups in total. The first-order chi connectivity index (χ1) is 7.75. The van der Waals surface area contributed by atoms with Crippen LogP contribution in [0.5, 0.6) is 0 Å². The summed E-state index contributed by atoms with van der Waals surface area (Å²) in [6.45, 7) is 0.950. The lowest BCUT2D eigenvalue weighted by Crippen LogP contribution is -2.20. The van der Waals surface area contributed by atoms with Gasteiger partial charge in [0.1, 0.15) is 0 Å². The molecule has 16 heavy (non-hydrogen) atoms. The molecule has 2 heterocycles. The van der Waals surface area contributed by atoms with Crippen molar-refractivity contribution in [1.82, 2.24) is 9.97 Å². The van der Waals surface area contributed by atoms with Crippen LogP contribution < -0.4 is 4.90 Å². The topological polar surface area (TPSA) is 29.0 Å². The molecule has 5 heteroatoms. The molecule has 0 aromatic carbocycles. The van der Waals surface area contributed by atoms with E-state index in [1.54, 1.807) is 17.5 Å². The summed E-state index contributed by atoms with van der Waals surface area (Å²) in [6, 6.07) is 2.06. The lowest BCUT2D eigenvalue weighted by molar-refractivity contribution is 0.866. The standard InChI is InChI=1S/C11H12BrN3S/c1-15(4-2-11-14-3-5-16-11)10-6-9(12)7-13-8-10/h3,5-8H,2,4H2,1H3. The molecule has 0 aliphatic carbocycles. The highest BCUT2D eigenvalue weighted by Crippen LogP contribution is 2.17. The zero-order valence-electron chi connectivity index (χ0n) is 8.93. The molecule has 0 spiro atoms. The van der Waals surface area contributed by atoms with E-state index in [4.69, 9.17) is 0 Å². The van der Waals surface area contributed by atoms with Crippen molar-refractivity contribution in [1.29, 1.82) is 0 Å². The number of hydrogen-bond donors (Lipinski definition) is 0. The molecule has 0 saturated carbocycles. The van der Waals surface area contributed by atoms with E-state index in [-0.39, 0.29) is 0 Å². The van der Waals surface area contributed by atoms with Gasteiger partial charge in [-0.25, -0.2) is 4.98 Å². The number of rotatable bonds is 4. The van der Waals surface area contributed by atoms with Crippen LogP contribution in [0.4, 0.5) is 5.69 Å². The molecule has 2 aromatic heterocycles. The van der Waals surface area contributed by atoms with Gasteiger partial charge in [-0.3, -0.25) is 4.98 Å². The second kappa shape index (κ2) is 5.41. The average molecular weight is 298 g/mol. The van der Waals surface area contributed by atoms with Crippen LogP contribution in [0.1, 0.15) is 5.01 Å². The molecule has 0 aliphatic heterocycles. The maximum absolute atomic E-state index is 4.27. The third kappa shape index (κ3) is 3.02. The first-order valence-corrected chi connectivity index (χ1v) is 6.63. The third-order valence-electron chi connectivity index (χ3n) is 2.28. The molecule has 0 amide bonds. The summed E-state index contributed by atoms with van der Waals surface area (Å²) < 4.78 is 1.01. The maximum Gasteiger partial charge on any atom is 0.0942 e. The number of thiazole rings is 1. The van der Waals surface area contributed by atoms with Gasteiger partial charge in [0.2, 0.25) is 0 Å². The van der Waals surface area contributed by atoms with Crippen molar-refractivity contribution in [3.05, 3.63) is 39.5 Å². The van der Waals surface area contributed by atoms with Crippen LogP contribution in [0.25, 0.3) is 0 Å². The largest absolute Gasteiger partial charge is 0.373 e. The highest BCUT2D eigenvalue weighted by molar-refractivity contribution is 9.10. The number of pyridine rings is 1. The van der Waals surface area contributed by atoms with Gasteiger partial charge in [0.15, 0.2) is 0 Å². The molecule has 0 fully saturated rings. The summed E-state index contributed by atoms with van der Waals surface area (Å²) >= 11 is 5.12. The van der Waals surface area contributed by atoms with Crippen LogP contribution in [0.2, 0.25) is 0 Å². The summed E-state index contributed by atoms with van der Waals surface area (Å²) in [5, 5.41) is 3.19. The third-order valence-corrected chi connectivity index (χ3v) is 3.55. The molecule has 3 nitrogen and oxygen atoms in total. The molecule has 2 rings (SSSR count). The fourth-order valence-corrected chi connectivity index (χ4v) is 2.34. The zero-order valence-corrected chi connectivity index (χ0v) is 11.3. The van der Waals surface area contributed by atoms with Gasteiger partial charge in [-0.1, -0.05) is 0 Å². The van der Waals surface area contributed by atoms with Crippen LogP contribution in [-0.4, -0.2) is 23.6 Å². The molecule has 2 aromatic rings. The van der Waals surface area contributed by atoms with E-state index in [1.807, 2.05) is 17.8 Å². The SMILES string of the molecule is CN(CCc1nccs1)c1cncc(Br)c1. The summed E-state index contributed by atoms with van der Waals surface area (Å²) in [5.41, 5.74) is 1.12. The molecule has 0 atom stereocenters. The quantitative estimate of drug-likeness (QED) is 0.869. The molecule has 0 bridgehead atoms. The number of aromatic nitrogens is 2. The number of nitrogens with zero attached hydrogens (tertiary/aromatic N) is 3. The van der Waals surface area contributed by atoms with Gasteiger partial charge >= 0.3 is 0 Å². The van der Waals surface area contributed by atoms with E-state index in [2.05, 4.69) is 43.9 Å². The van der Waals surface area contributed by atoms with Crippen molar-refractivity contribution in [2.75, 3.05) is 18.5 Å². The number of likely N-dealkylation sites (N-methyl/N-ethyl adjacent to an activating group) is 1. The summed E-state index contributed by atoms with van der Waals surface area (Å²) in [6.07, 6.45) is 6.48. The second-order valence-corrected chi connectivity index (χ2v) is 5.35. The van der Waals surface area contributed by atoms with Crippen LogP contribution in [0, 0.1) is 0 Å². The maximum atomic E-state index is 4.27. The van der Waals surface area contributed by atoms with Crippen molar-refractivity contribution in [3.8, 4) is 0 Å². The predicted molar refractivity (Wildman–Crippen MR) is 71.0 cm³/mol. The van der Waals surface area contributed by atoms with Gasteiger partial charge in [0.05, 0.1) is 16.9 Å². The van der Waals surface area contributed by atoms with Crippen LogP contribution in [0.3, 0.4) is 0 Å². The van der Waals surface area contributed by atoms with Crippen LogP contribution in [-0.2, 0) is 6.42 Å². The van der Waals surface area contributed by atoms with Gasteiger partial charge in [0, 0.05) is 42.3 Å². The Hall–Kier alpha value is -0.940. The second-order valence-electron chi connectivity index (χ2n) is 3.46. The fourth-order valence-electron chi connectivity index (χ4n) is 1.38. The summed E-state index contributed by atoms with van der Waals surface area (Å²) in [4.78, 5) is 10.6. The Labute approximate surface area is 107 Å². The van der Waals surface area contributed by atoms with E-state index in [1.165, 1.54) is 5.01 Å². The molecule has 0 radical (unpaired) electrons. The number of hydrogen-bond acceptors (Lipinski definition) is 4. The molecular weight excluding hydrogens is 286 g/mol. The number of halogens is 1. The van der Waals surface area contributed by atoms with Crippen molar-refractivity contribution >= 4 is 33.0 Å². The highest BCUT2D eigenvalue weighted by atomic mass is 79.9. The smallest absolute Gasteiger partial charge is 0.0942 e. The lowest BCUT2D eigenvalue weighted by Gasteiger charge is -2.18. The minimum atomic E-state index is 0.950. The van der Waals surface area contributed by atoms with E-state index < -0.39 is 0 Å². The van der Waals surface area contributed by atoms with Gasteiger partial charge in [0.25, 0.3) is 0 Å². The minimum absolute atomic E-state index is 0.950. The van der Waals surface area contributed by atoms with Gasteiger partial charge in [-0.05, 0) is 22.0 Å². The Morgan fingerprint density at radius 3 is 3.00 bits per heavy atom.